The SMILES string of the molecule is COCCNc1nonc1C1=NOCN1c1ccc(F)c(Br)c1. The lowest BCUT2D eigenvalue weighted by Gasteiger charge is -2.17. The third kappa shape index (κ3) is 3.27. The Balaban J connectivity index is 1.84. The number of hydrogen-bond donors (Lipinski definition) is 1. The van der Waals surface area contributed by atoms with Gasteiger partial charge in [-0.3, -0.25) is 4.90 Å². The molecule has 1 aliphatic heterocycles. The van der Waals surface area contributed by atoms with Crippen LogP contribution in [0.5, 0.6) is 0 Å². The summed E-state index contributed by atoms with van der Waals surface area (Å²) in [6.07, 6.45) is 0. The first-order valence-electron chi connectivity index (χ1n) is 6.69. The summed E-state index contributed by atoms with van der Waals surface area (Å²) >= 11 is 3.16. The van der Waals surface area contributed by atoms with Crippen LogP contribution >= 0.6 is 15.9 Å². The van der Waals surface area contributed by atoms with Gasteiger partial charge in [-0.1, -0.05) is 5.16 Å². The van der Waals surface area contributed by atoms with Gasteiger partial charge in [-0.15, -0.1) is 0 Å². The van der Waals surface area contributed by atoms with Crippen LogP contribution in [0.3, 0.4) is 0 Å². The van der Waals surface area contributed by atoms with E-state index in [9.17, 15) is 4.39 Å². The average Bonchev–Trinajstić information content (AvgIpc) is 3.18. The van der Waals surface area contributed by atoms with Crippen molar-refractivity contribution < 1.29 is 18.6 Å². The molecule has 0 radical (unpaired) electrons. The lowest BCUT2D eigenvalue weighted by Crippen LogP contribution is -2.29. The highest BCUT2D eigenvalue weighted by molar-refractivity contribution is 9.10. The average molecular weight is 386 g/mol. The van der Waals surface area contributed by atoms with E-state index in [1.807, 2.05) is 0 Å². The lowest BCUT2D eigenvalue weighted by atomic mass is 10.2. The van der Waals surface area contributed by atoms with Gasteiger partial charge in [-0.2, -0.15) is 0 Å². The highest BCUT2D eigenvalue weighted by Crippen LogP contribution is 2.27. The Morgan fingerprint density at radius 1 is 1.43 bits per heavy atom. The molecule has 0 spiro atoms. The van der Waals surface area contributed by atoms with Crippen molar-refractivity contribution in [2.24, 2.45) is 5.16 Å². The Morgan fingerprint density at radius 3 is 3.09 bits per heavy atom. The molecule has 2 aromatic rings. The number of nitrogens with one attached hydrogen (secondary N) is 1. The van der Waals surface area contributed by atoms with Gasteiger partial charge >= 0.3 is 0 Å². The molecule has 10 heteroatoms. The third-order valence-corrected chi connectivity index (χ3v) is 3.72. The van der Waals surface area contributed by atoms with Gasteiger partial charge in [-0.25, -0.2) is 9.02 Å². The fraction of sp³-hybridized carbons (Fsp3) is 0.308. The Morgan fingerprint density at radius 2 is 2.30 bits per heavy atom. The quantitative estimate of drug-likeness (QED) is 0.762. The molecule has 1 aromatic carbocycles. The van der Waals surface area contributed by atoms with Gasteiger partial charge < -0.3 is 14.9 Å². The van der Waals surface area contributed by atoms with Gasteiger partial charge in [0.25, 0.3) is 0 Å². The molecule has 0 saturated heterocycles. The molecule has 2 heterocycles. The zero-order valence-corrected chi connectivity index (χ0v) is 13.7. The number of methoxy groups -OCH3 is 1. The van der Waals surface area contributed by atoms with Crippen molar-refractivity contribution in [2.75, 3.05) is 37.2 Å². The van der Waals surface area contributed by atoms with E-state index in [2.05, 4.69) is 36.7 Å². The molecule has 3 rings (SSSR count). The van der Waals surface area contributed by atoms with Crippen molar-refractivity contribution in [1.29, 1.82) is 0 Å². The molecule has 0 fully saturated rings. The summed E-state index contributed by atoms with van der Waals surface area (Å²) in [5.41, 5.74) is 1.10. The number of rotatable bonds is 6. The summed E-state index contributed by atoms with van der Waals surface area (Å²) in [6.45, 7) is 1.22. The predicted octanol–water partition coefficient (Wildman–Crippen LogP) is 2.19. The van der Waals surface area contributed by atoms with Crippen LogP contribution in [0.1, 0.15) is 5.69 Å². The maximum absolute atomic E-state index is 13.4. The molecule has 8 nitrogen and oxygen atoms in total. The first-order chi connectivity index (χ1) is 11.2. The minimum absolute atomic E-state index is 0.178. The molecule has 0 aliphatic carbocycles. The summed E-state index contributed by atoms with van der Waals surface area (Å²) < 4.78 is 23.5. The third-order valence-electron chi connectivity index (χ3n) is 3.11. The fourth-order valence-corrected chi connectivity index (χ4v) is 2.37. The molecule has 23 heavy (non-hydrogen) atoms. The summed E-state index contributed by atoms with van der Waals surface area (Å²) in [7, 11) is 1.60. The molecule has 1 aliphatic rings. The summed E-state index contributed by atoms with van der Waals surface area (Å²) in [5.74, 6) is 0.500. The van der Waals surface area contributed by atoms with Crippen LogP contribution in [-0.2, 0) is 9.57 Å². The molecular formula is C13H13BrFN5O3. The predicted molar refractivity (Wildman–Crippen MR) is 83.7 cm³/mol. The summed E-state index contributed by atoms with van der Waals surface area (Å²) in [6, 6.07) is 4.61. The van der Waals surface area contributed by atoms with Crippen LogP contribution in [0.4, 0.5) is 15.9 Å². The minimum Gasteiger partial charge on any atom is -0.383 e. The second-order valence-electron chi connectivity index (χ2n) is 4.58. The van der Waals surface area contributed by atoms with Crippen molar-refractivity contribution in [2.45, 2.75) is 0 Å². The van der Waals surface area contributed by atoms with E-state index in [1.54, 1.807) is 24.1 Å². The van der Waals surface area contributed by atoms with E-state index in [4.69, 9.17) is 14.2 Å². The number of amidine groups is 1. The van der Waals surface area contributed by atoms with Crippen molar-refractivity contribution >= 4 is 33.3 Å². The van der Waals surface area contributed by atoms with Crippen LogP contribution < -0.4 is 10.2 Å². The van der Waals surface area contributed by atoms with Crippen molar-refractivity contribution in [3.63, 3.8) is 0 Å². The number of anilines is 2. The number of aromatic nitrogens is 2. The van der Waals surface area contributed by atoms with Gasteiger partial charge in [0.1, 0.15) is 5.82 Å². The Bertz CT molecular complexity index is 723. The van der Waals surface area contributed by atoms with Crippen LogP contribution in [0.2, 0.25) is 0 Å². The van der Waals surface area contributed by atoms with E-state index in [1.165, 1.54) is 6.07 Å². The van der Waals surface area contributed by atoms with Crippen LogP contribution in [0.25, 0.3) is 0 Å². The molecular weight excluding hydrogens is 373 g/mol. The largest absolute Gasteiger partial charge is 0.383 e. The molecule has 1 aromatic heterocycles. The summed E-state index contributed by atoms with van der Waals surface area (Å²) in [4.78, 5) is 6.87. The van der Waals surface area contributed by atoms with Gasteiger partial charge in [0.2, 0.25) is 11.7 Å². The molecule has 0 amide bonds. The van der Waals surface area contributed by atoms with E-state index < -0.39 is 0 Å². The van der Waals surface area contributed by atoms with Gasteiger partial charge in [0.05, 0.1) is 11.1 Å². The second kappa shape index (κ2) is 6.92. The standard InChI is InChI=1S/C13H13BrFN5O3/c1-21-5-4-16-12-11(17-23-18-12)13-19-22-7-20(13)8-2-3-10(15)9(14)6-8/h2-3,6H,4-5,7H2,1H3,(H,16,18). The normalized spacial score (nSPS) is 13.9. The number of ether oxygens (including phenoxy) is 1. The number of hydrogen-bond acceptors (Lipinski definition) is 8. The van der Waals surface area contributed by atoms with Gasteiger partial charge in [-0.05, 0) is 44.4 Å². The highest BCUT2D eigenvalue weighted by Gasteiger charge is 2.28. The van der Waals surface area contributed by atoms with Crippen LogP contribution in [-0.4, -0.2) is 43.1 Å². The first-order valence-corrected chi connectivity index (χ1v) is 7.48. The fourth-order valence-electron chi connectivity index (χ4n) is 2.00. The Hall–Kier alpha value is -2.20. The summed E-state index contributed by atoms with van der Waals surface area (Å²) in [5, 5.41) is 14.7. The maximum Gasteiger partial charge on any atom is 0.208 e. The highest BCUT2D eigenvalue weighted by atomic mass is 79.9. The topological polar surface area (TPSA) is 85.0 Å². The van der Waals surface area contributed by atoms with Crippen molar-refractivity contribution in [3.8, 4) is 0 Å². The molecule has 0 atom stereocenters. The lowest BCUT2D eigenvalue weighted by molar-refractivity contribution is 0.174. The zero-order chi connectivity index (χ0) is 16.2. The number of nitrogens with zero attached hydrogens (tertiary/aromatic N) is 4. The van der Waals surface area contributed by atoms with Crippen LogP contribution in [0, 0.1) is 5.82 Å². The molecule has 122 valence electrons. The zero-order valence-electron chi connectivity index (χ0n) is 12.1. The minimum atomic E-state index is -0.350. The Kier molecular flexibility index (Phi) is 4.72. The smallest absolute Gasteiger partial charge is 0.208 e. The van der Waals surface area contributed by atoms with E-state index in [0.29, 0.717) is 40.7 Å². The van der Waals surface area contributed by atoms with Gasteiger partial charge in [0.15, 0.2) is 12.4 Å². The van der Waals surface area contributed by atoms with E-state index >= 15 is 0 Å². The Labute approximate surface area is 139 Å². The number of halogens is 2. The van der Waals surface area contributed by atoms with E-state index in [-0.39, 0.29) is 12.5 Å². The number of oxime groups is 1. The van der Waals surface area contributed by atoms with Crippen molar-refractivity contribution in [1.82, 2.24) is 10.3 Å². The maximum atomic E-state index is 13.4. The molecule has 1 N–H and O–H groups in total. The number of benzene rings is 1. The van der Waals surface area contributed by atoms with E-state index in [0.717, 1.165) is 0 Å². The van der Waals surface area contributed by atoms with Gasteiger partial charge in [0, 0.05) is 19.3 Å². The second-order valence-corrected chi connectivity index (χ2v) is 5.43. The van der Waals surface area contributed by atoms with Crippen LogP contribution in [0.15, 0.2) is 32.5 Å². The molecule has 0 saturated carbocycles. The first kappa shape index (κ1) is 15.7. The van der Waals surface area contributed by atoms with Crippen molar-refractivity contribution in [3.05, 3.63) is 34.2 Å². The molecule has 0 unspecified atom stereocenters. The molecule has 0 bridgehead atoms. The monoisotopic (exact) mass is 385 g/mol.